The first kappa shape index (κ1) is 11.7. The molecule has 0 aromatic carbocycles. The summed E-state index contributed by atoms with van der Waals surface area (Å²) in [6.45, 7) is 1.01. The Balaban J connectivity index is 1.75. The van der Waals surface area contributed by atoms with Crippen LogP contribution < -0.4 is 10.2 Å². The van der Waals surface area contributed by atoms with Crippen LogP contribution in [0.3, 0.4) is 0 Å². The summed E-state index contributed by atoms with van der Waals surface area (Å²) in [5.41, 5.74) is 0.915. The van der Waals surface area contributed by atoms with Gasteiger partial charge in [0.2, 0.25) is 5.91 Å². The van der Waals surface area contributed by atoms with Gasteiger partial charge in [0, 0.05) is 25.1 Å². The van der Waals surface area contributed by atoms with Crippen molar-refractivity contribution in [3.05, 3.63) is 24.5 Å². The van der Waals surface area contributed by atoms with E-state index in [4.69, 9.17) is 0 Å². The summed E-state index contributed by atoms with van der Waals surface area (Å²) in [6, 6.07) is 3.76. The number of likely N-dealkylation sites (N-methyl/N-ethyl adjacent to an activating group) is 1. The summed E-state index contributed by atoms with van der Waals surface area (Å²) in [7, 11) is 1.85. The molecule has 3 rings (SSSR count). The molecule has 3 unspecified atom stereocenters. The van der Waals surface area contributed by atoms with Crippen molar-refractivity contribution in [2.24, 2.45) is 11.8 Å². The molecule has 3 atom stereocenters. The quantitative estimate of drug-likeness (QED) is 0.857. The minimum Gasteiger partial charge on any atom is -0.314 e. The molecule has 1 N–H and O–H groups in total. The number of amides is 1. The Morgan fingerprint density at radius 1 is 1.39 bits per heavy atom. The Kier molecular flexibility index (Phi) is 3.04. The minimum atomic E-state index is 0.00988. The lowest BCUT2D eigenvalue weighted by Gasteiger charge is -2.24. The predicted molar refractivity (Wildman–Crippen MR) is 70.3 cm³/mol. The highest BCUT2D eigenvalue weighted by molar-refractivity contribution is 5.97. The molecule has 1 saturated carbocycles. The molecule has 1 aliphatic heterocycles. The van der Waals surface area contributed by atoms with Crippen molar-refractivity contribution in [3.63, 3.8) is 0 Å². The first-order chi connectivity index (χ1) is 8.77. The zero-order valence-corrected chi connectivity index (χ0v) is 10.7. The Hall–Kier alpha value is -1.42. The third kappa shape index (κ3) is 1.90. The van der Waals surface area contributed by atoms with Gasteiger partial charge < -0.3 is 10.2 Å². The van der Waals surface area contributed by atoms with Gasteiger partial charge in [0.05, 0.1) is 6.04 Å². The van der Waals surface area contributed by atoms with Crippen LogP contribution in [-0.2, 0) is 4.79 Å². The topological polar surface area (TPSA) is 45.2 Å². The molecule has 96 valence electrons. The van der Waals surface area contributed by atoms with Crippen LogP contribution in [0.15, 0.2) is 24.5 Å². The summed E-state index contributed by atoms with van der Waals surface area (Å²) in [5.74, 6) is 1.45. The van der Waals surface area contributed by atoms with E-state index in [2.05, 4.69) is 10.3 Å². The number of anilines is 1. The fraction of sp³-hybridized carbons (Fsp3) is 0.571. The molecule has 1 aromatic heterocycles. The van der Waals surface area contributed by atoms with Crippen LogP contribution in [0.2, 0.25) is 0 Å². The number of rotatable bonds is 2. The average Bonchev–Trinajstić information content (AvgIpc) is 3.00. The van der Waals surface area contributed by atoms with E-state index in [9.17, 15) is 4.79 Å². The van der Waals surface area contributed by atoms with Gasteiger partial charge in [-0.3, -0.25) is 9.78 Å². The van der Waals surface area contributed by atoms with E-state index in [1.165, 1.54) is 19.3 Å². The van der Waals surface area contributed by atoms with E-state index in [1.807, 2.05) is 19.2 Å². The number of nitrogens with one attached hydrogen (secondary N) is 1. The second-order valence-corrected chi connectivity index (χ2v) is 5.34. The van der Waals surface area contributed by atoms with Crippen LogP contribution in [0.5, 0.6) is 0 Å². The number of nitrogens with zero attached hydrogens (tertiary/aromatic N) is 2. The highest BCUT2D eigenvalue weighted by Gasteiger charge is 2.43. The molecule has 0 radical (unpaired) electrons. The smallest absolute Gasteiger partial charge is 0.244 e. The highest BCUT2D eigenvalue weighted by atomic mass is 16.2. The Labute approximate surface area is 107 Å². The third-order valence-corrected chi connectivity index (χ3v) is 4.39. The van der Waals surface area contributed by atoms with Gasteiger partial charge in [-0.25, -0.2) is 0 Å². The van der Waals surface area contributed by atoms with E-state index < -0.39 is 0 Å². The molecule has 2 heterocycles. The molecule has 1 aromatic rings. The Morgan fingerprint density at radius 3 is 2.94 bits per heavy atom. The Bertz CT molecular complexity index is 434. The van der Waals surface area contributed by atoms with Crippen LogP contribution in [0, 0.1) is 11.8 Å². The van der Waals surface area contributed by atoms with Crippen molar-refractivity contribution < 1.29 is 4.79 Å². The molecule has 0 bridgehead atoms. The van der Waals surface area contributed by atoms with Crippen molar-refractivity contribution in [2.45, 2.75) is 25.3 Å². The van der Waals surface area contributed by atoms with E-state index in [0.717, 1.165) is 12.2 Å². The number of fused-ring (bicyclic) bond motifs is 1. The van der Waals surface area contributed by atoms with Gasteiger partial charge in [-0.05, 0) is 43.4 Å². The molecule has 4 heteroatoms. The monoisotopic (exact) mass is 245 g/mol. The van der Waals surface area contributed by atoms with Crippen molar-refractivity contribution >= 4 is 11.6 Å². The van der Waals surface area contributed by atoms with E-state index in [1.54, 1.807) is 17.3 Å². The van der Waals surface area contributed by atoms with Crippen molar-refractivity contribution in [1.82, 2.24) is 10.3 Å². The molecule has 1 amide bonds. The zero-order valence-electron chi connectivity index (χ0n) is 10.7. The summed E-state index contributed by atoms with van der Waals surface area (Å²) >= 11 is 0. The largest absolute Gasteiger partial charge is 0.314 e. The van der Waals surface area contributed by atoms with Crippen LogP contribution in [0.25, 0.3) is 0 Å². The predicted octanol–water partition coefficient (Wildman–Crippen LogP) is 1.43. The zero-order chi connectivity index (χ0) is 12.5. The molecule has 2 aliphatic rings. The van der Waals surface area contributed by atoms with Crippen LogP contribution in [0.4, 0.5) is 5.69 Å². The van der Waals surface area contributed by atoms with Gasteiger partial charge in [0.25, 0.3) is 0 Å². The van der Waals surface area contributed by atoms with Crippen molar-refractivity contribution in [2.75, 3.05) is 18.5 Å². The minimum absolute atomic E-state index is 0.00988. The van der Waals surface area contributed by atoms with Crippen LogP contribution in [0.1, 0.15) is 19.3 Å². The van der Waals surface area contributed by atoms with E-state index in [0.29, 0.717) is 11.8 Å². The second-order valence-electron chi connectivity index (χ2n) is 5.34. The lowest BCUT2D eigenvalue weighted by Crippen LogP contribution is -2.44. The molecule has 0 spiro atoms. The summed E-state index contributed by atoms with van der Waals surface area (Å²) in [5, 5.41) is 3.40. The van der Waals surface area contributed by atoms with Gasteiger partial charge in [-0.15, -0.1) is 0 Å². The normalized spacial score (nSPS) is 30.2. The van der Waals surface area contributed by atoms with Gasteiger partial charge in [0.15, 0.2) is 0 Å². The van der Waals surface area contributed by atoms with E-state index in [-0.39, 0.29) is 11.9 Å². The molecule has 2 fully saturated rings. The molecule has 18 heavy (non-hydrogen) atoms. The van der Waals surface area contributed by atoms with Gasteiger partial charge in [0.1, 0.15) is 0 Å². The maximum atomic E-state index is 12.5. The molecular weight excluding hydrogens is 226 g/mol. The van der Waals surface area contributed by atoms with Crippen LogP contribution in [-0.4, -0.2) is 30.5 Å². The molecular formula is C14H19N3O. The average molecular weight is 245 g/mol. The maximum Gasteiger partial charge on any atom is 0.244 e. The number of pyridine rings is 1. The fourth-order valence-electron chi connectivity index (χ4n) is 3.36. The lowest BCUT2D eigenvalue weighted by atomic mass is 9.93. The standard InChI is InChI=1S/C14H19N3O/c1-17(11-5-7-15-8-6-11)14(18)13-12-4-2-3-10(12)9-16-13/h5-8,10,12-13,16H,2-4,9H2,1H3. The van der Waals surface area contributed by atoms with Crippen molar-refractivity contribution in [3.8, 4) is 0 Å². The number of aromatic nitrogens is 1. The highest BCUT2D eigenvalue weighted by Crippen LogP contribution is 2.38. The summed E-state index contributed by atoms with van der Waals surface area (Å²) in [4.78, 5) is 18.3. The van der Waals surface area contributed by atoms with Gasteiger partial charge in [-0.1, -0.05) is 6.42 Å². The Morgan fingerprint density at radius 2 is 2.17 bits per heavy atom. The maximum absolute atomic E-state index is 12.5. The fourth-order valence-corrected chi connectivity index (χ4v) is 3.36. The summed E-state index contributed by atoms with van der Waals surface area (Å²) < 4.78 is 0. The summed E-state index contributed by atoms with van der Waals surface area (Å²) in [6.07, 6.45) is 7.19. The SMILES string of the molecule is CN(C(=O)C1NCC2CCCC21)c1ccncc1. The first-order valence-electron chi connectivity index (χ1n) is 6.68. The molecule has 1 aliphatic carbocycles. The van der Waals surface area contributed by atoms with E-state index >= 15 is 0 Å². The van der Waals surface area contributed by atoms with Gasteiger partial charge in [-0.2, -0.15) is 0 Å². The molecule has 1 saturated heterocycles. The van der Waals surface area contributed by atoms with Crippen molar-refractivity contribution in [1.29, 1.82) is 0 Å². The number of carbonyl (C=O) groups is 1. The second kappa shape index (κ2) is 4.69. The number of carbonyl (C=O) groups excluding carboxylic acids is 1. The van der Waals surface area contributed by atoms with Crippen LogP contribution >= 0.6 is 0 Å². The first-order valence-corrected chi connectivity index (χ1v) is 6.68. The lowest BCUT2D eigenvalue weighted by molar-refractivity contribution is -0.120. The third-order valence-electron chi connectivity index (χ3n) is 4.39. The number of hydrogen-bond acceptors (Lipinski definition) is 3. The van der Waals surface area contributed by atoms with Gasteiger partial charge >= 0.3 is 0 Å². The number of hydrogen-bond donors (Lipinski definition) is 1. The molecule has 4 nitrogen and oxygen atoms in total.